The van der Waals surface area contributed by atoms with Crippen LogP contribution in [0, 0.1) is 11.3 Å². The van der Waals surface area contributed by atoms with E-state index in [0.717, 1.165) is 23.3 Å². The van der Waals surface area contributed by atoms with Crippen LogP contribution in [0.3, 0.4) is 0 Å². The Hall–Kier alpha value is -0.720. The third-order valence-corrected chi connectivity index (χ3v) is 2.16. The minimum Gasteiger partial charge on any atom is -0.263 e. The number of nitrogens with zero attached hydrogens (tertiary/aromatic N) is 1. The van der Waals surface area contributed by atoms with Gasteiger partial charge < -0.3 is 0 Å². The molecule has 0 aromatic heterocycles. The molecule has 0 aromatic carbocycles. The molecular formula is C8H10N2S. The molecule has 1 aliphatic carbocycles. The lowest BCUT2D eigenvalue weighted by Gasteiger charge is -2.06. The lowest BCUT2D eigenvalue weighted by molar-refractivity contribution is 0.990. The van der Waals surface area contributed by atoms with Gasteiger partial charge in [-0.3, -0.25) is 4.72 Å². The molecule has 0 unspecified atom stereocenters. The summed E-state index contributed by atoms with van der Waals surface area (Å²) in [7, 11) is 1.88. The van der Waals surface area contributed by atoms with Gasteiger partial charge in [0.1, 0.15) is 0 Å². The van der Waals surface area contributed by atoms with Crippen molar-refractivity contribution < 1.29 is 0 Å². The van der Waals surface area contributed by atoms with E-state index in [1.807, 2.05) is 13.1 Å². The molecule has 1 N–H and O–H groups in total. The van der Waals surface area contributed by atoms with E-state index < -0.39 is 0 Å². The normalized spacial score (nSPS) is 16.7. The van der Waals surface area contributed by atoms with Crippen LogP contribution in [0.25, 0.3) is 0 Å². The summed E-state index contributed by atoms with van der Waals surface area (Å²) >= 11 is 1.55. The van der Waals surface area contributed by atoms with E-state index in [4.69, 9.17) is 5.26 Å². The van der Waals surface area contributed by atoms with Crippen LogP contribution in [-0.4, -0.2) is 7.05 Å². The standard InChI is InChI=1S/C8H10N2S/c1-10-11-8-4-2-3-7(5-8)6-9/h4-5,10H,2-3H2,1H3. The maximum Gasteiger partial charge on any atom is 0.0947 e. The van der Waals surface area contributed by atoms with Gasteiger partial charge in [0.15, 0.2) is 0 Å². The first-order chi connectivity index (χ1) is 5.36. The number of hydrogen-bond donors (Lipinski definition) is 1. The average Bonchev–Trinajstić information content (AvgIpc) is 2.06. The Bertz CT molecular complexity index is 235. The average molecular weight is 166 g/mol. The monoisotopic (exact) mass is 166 g/mol. The van der Waals surface area contributed by atoms with E-state index >= 15 is 0 Å². The van der Waals surface area contributed by atoms with Gasteiger partial charge >= 0.3 is 0 Å². The van der Waals surface area contributed by atoms with Crippen molar-refractivity contribution in [3.05, 3.63) is 22.6 Å². The Balaban J connectivity index is 2.62. The molecular weight excluding hydrogens is 156 g/mol. The highest BCUT2D eigenvalue weighted by molar-refractivity contribution is 8.01. The number of nitrogens with one attached hydrogen (secondary N) is 1. The summed E-state index contributed by atoms with van der Waals surface area (Å²) in [5.41, 5.74) is 0.880. The highest BCUT2D eigenvalue weighted by Gasteiger charge is 2.03. The van der Waals surface area contributed by atoms with E-state index in [0.29, 0.717) is 0 Å². The van der Waals surface area contributed by atoms with Crippen molar-refractivity contribution in [3.63, 3.8) is 0 Å². The first-order valence-electron chi connectivity index (χ1n) is 3.51. The summed E-state index contributed by atoms with van der Waals surface area (Å²) in [5, 5.41) is 8.60. The topological polar surface area (TPSA) is 35.8 Å². The van der Waals surface area contributed by atoms with Crippen molar-refractivity contribution >= 4 is 11.9 Å². The summed E-state index contributed by atoms with van der Waals surface area (Å²) in [5.74, 6) is 0. The van der Waals surface area contributed by atoms with Crippen LogP contribution in [0.5, 0.6) is 0 Å². The second kappa shape index (κ2) is 4.22. The maximum absolute atomic E-state index is 8.60. The van der Waals surface area contributed by atoms with Gasteiger partial charge in [-0.1, -0.05) is 6.08 Å². The second-order valence-electron chi connectivity index (χ2n) is 2.23. The third-order valence-electron chi connectivity index (χ3n) is 1.44. The van der Waals surface area contributed by atoms with E-state index in [2.05, 4.69) is 16.9 Å². The summed E-state index contributed by atoms with van der Waals surface area (Å²) < 4.78 is 2.98. The molecule has 0 amide bonds. The van der Waals surface area contributed by atoms with Crippen molar-refractivity contribution in [2.75, 3.05) is 7.05 Å². The van der Waals surface area contributed by atoms with Crippen molar-refractivity contribution in [1.82, 2.24) is 4.72 Å². The minimum absolute atomic E-state index is 0.880. The summed E-state index contributed by atoms with van der Waals surface area (Å²) in [6.07, 6.45) is 5.96. The predicted octanol–water partition coefficient (Wildman–Crippen LogP) is 1.98. The van der Waals surface area contributed by atoms with Gasteiger partial charge in [0.2, 0.25) is 0 Å². The quantitative estimate of drug-likeness (QED) is 0.637. The van der Waals surface area contributed by atoms with Crippen LogP contribution < -0.4 is 4.72 Å². The Morgan fingerprint density at radius 3 is 3.18 bits per heavy atom. The molecule has 1 rings (SSSR count). The van der Waals surface area contributed by atoms with E-state index in [1.165, 1.54) is 0 Å². The van der Waals surface area contributed by atoms with Crippen LogP contribution in [0.15, 0.2) is 22.6 Å². The zero-order chi connectivity index (χ0) is 8.10. The van der Waals surface area contributed by atoms with Crippen molar-refractivity contribution in [3.8, 4) is 6.07 Å². The van der Waals surface area contributed by atoms with Crippen LogP contribution >= 0.6 is 11.9 Å². The van der Waals surface area contributed by atoms with Gasteiger partial charge in [0, 0.05) is 10.5 Å². The number of nitriles is 1. The largest absolute Gasteiger partial charge is 0.263 e. The molecule has 0 bridgehead atoms. The molecule has 0 spiro atoms. The first kappa shape index (κ1) is 8.38. The highest BCUT2D eigenvalue weighted by atomic mass is 32.2. The van der Waals surface area contributed by atoms with E-state index in [9.17, 15) is 0 Å². The van der Waals surface area contributed by atoms with Gasteiger partial charge in [-0.05, 0) is 37.9 Å². The van der Waals surface area contributed by atoms with E-state index in [1.54, 1.807) is 11.9 Å². The Kier molecular flexibility index (Phi) is 3.21. The van der Waals surface area contributed by atoms with Gasteiger partial charge in [-0.25, -0.2) is 0 Å². The lowest BCUT2D eigenvalue weighted by atomic mass is 10.1. The van der Waals surface area contributed by atoms with Gasteiger partial charge in [-0.2, -0.15) is 5.26 Å². The molecule has 0 radical (unpaired) electrons. The molecule has 0 atom stereocenters. The summed E-state index contributed by atoms with van der Waals surface area (Å²) in [6, 6.07) is 2.17. The zero-order valence-electron chi connectivity index (χ0n) is 6.42. The smallest absolute Gasteiger partial charge is 0.0947 e. The maximum atomic E-state index is 8.60. The molecule has 3 heteroatoms. The Labute approximate surface area is 71.1 Å². The van der Waals surface area contributed by atoms with Crippen LogP contribution in [-0.2, 0) is 0 Å². The molecule has 1 aliphatic rings. The van der Waals surface area contributed by atoms with Gasteiger partial charge in [0.25, 0.3) is 0 Å². The predicted molar refractivity (Wildman–Crippen MR) is 47.7 cm³/mol. The molecule has 0 aromatic rings. The molecule has 58 valence electrons. The number of hydrogen-bond acceptors (Lipinski definition) is 3. The molecule has 0 aliphatic heterocycles. The van der Waals surface area contributed by atoms with E-state index in [-0.39, 0.29) is 0 Å². The molecule has 0 heterocycles. The minimum atomic E-state index is 0.880. The van der Waals surface area contributed by atoms with Gasteiger partial charge in [-0.15, -0.1) is 0 Å². The highest BCUT2D eigenvalue weighted by Crippen LogP contribution is 2.22. The second-order valence-corrected chi connectivity index (χ2v) is 3.32. The molecule has 11 heavy (non-hydrogen) atoms. The lowest BCUT2D eigenvalue weighted by Crippen LogP contribution is -1.95. The van der Waals surface area contributed by atoms with Crippen molar-refractivity contribution in [2.24, 2.45) is 0 Å². The number of rotatable bonds is 2. The number of allylic oxidation sites excluding steroid dienone is 3. The summed E-state index contributed by atoms with van der Waals surface area (Å²) in [4.78, 5) is 1.15. The molecule has 0 saturated heterocycles. The van der Waals surface area contributed by atoms with Crippen LogP contribution in [0.2, 0.25) is 0 Å². The van der Waals surface area contributed by atoms with Gasteiger partial charge in [0.05, 0.1) is 6.07 Å². The SMILES string of the molecule is CNSC1=CCCC(C#N)=C1. The Morgan fingerprint density at radius 1 is 1.73 bits per heavy atom. The molecule has 2 nitrogen and oxygen atoms in total. The summed E-state index contributed by atoms with van der Waals surface area (Å²) in [6.45, 7) is 0. The Morgan fingerprint density at radius 2 is 2.55 bits per heavy atom. The zero-order valence-corrected chi connectivity index (χ0v) is 7.24. The van der Waals surface area contributed by atoms with Crippen molar-refractivity contribution in [1.29, 1.82) is 5.26 Å². The first-order valence-corrected chi connectivity index (χ1v) is 4.33. The van der Waals surface area contributed by atoms with Crippen molar-refractivity contribution in [2.45, 2.75) is 12.8 Å². The third kappa shape index (κ3) is 2.41. The molecule has 0 saturated carbocycles. The fourth-order valence-corrected chi connectivity index (χ4v) is 1.59. The van der Waals surface area contributed by atoms with Crippen LogP contribution in [0.1, 0.15) is 12.8 Å². The fourth-order valence-electron chi connectivity index (χ4n) is 0.950. The van der Waals surface area contributed by atoms with Crippen LogP contribution in [0.4, 0.5) is 0 Å². The fraction of sp³-hybridized carbons (Fsp3) is 0.375. The molecule has 0 fully saturated rings.